The maximum Gasteiger partial charge on any atom is 0.135 e. The smallest absolute Gasteiger partial charge is 0.135 e. The lowest BCUT2D eigenvalue weighted by molar-refractivity contribution is 0.660. The fraction of sp³-hybridized carbons (Fsp3) is 0.0545. The molecule has 2 aromatic heterocycles. The average Bonchev–Trinajstić information content (AvgIpc) is 3.89. The molecule has 0 N–H and O–H groups in total. The van der Waals surface area contributed by atoms with E-state index in [-0.39, 0.29) is 5.41 Å². The lowest BCUT2D eigenvalue weighted by Gasteiger charge is -2.28. The number of benzene rings is 9. The van der Waals surface area contributed by atoms with Gasteiger partial charge in [-0.05, 0) is 129 Å². The van der Waals surface area contributed by atoms with Crippen LogP contribution in [-0.2, 0) is 5.41 Å². The Hall–Kier alpha value is -7.36. The average molecular weight is 743 g/mol. The highest BCUT2D eigenvalue weighted by molar-refractivity contribution is 6.11. The summed E-state index contributed by atoms with van der Waals surface area (Å²) in [4.78, 5) is 2.41. The van der Waals surface area contributed by atoms with Crippen LogP contribution in [0.5, 0.6) is 0 Å². The minimum absolute atomic E-state index is 0.114. The Morgan fingerprint density at radius 1 is 0.414 bits per heavy atom. The number of aromatic nitrogens is 1. The third kappa shape index (κ3) is 4.86. The van der Waals surface area contributed by atoms with Gasteiger partial charge in [0.1, 0.15) is 11.2 Å². The van der Waals surface area contributed by atoms with Crippen molar-refractivity contribution in [3.05, 3.63) is 205 Å². The van der Waals surface area contributed by atoms with Gasteiger partial charge in [-0.25, -0.2) is 0 Å². The Kier molecular flexibility index (Phi) is 6.98. The second kappa shape index (κ2) is 12.3. The van der Waals surface area contributed by atoms with Gasteiger partial charge in [-0.3, -0.25) is 0 Å². The van der Waals surface area contributed by atoms with Crippen LogP contribution in [0.1, 0.15) is 25.0 Å². The van der Waals surface area contributed by atoms with Crippen molar-refractivity contribution in [3.8, 4) is 27.9 Å². The molecule has 12 rings (SSSR count). The van der Waals surface area contributed by atoms with E-state index in [0.717, 1.165) is 39.0 Å². The molecule has 0 amide bonds. The van der Waals surface area contributed by atoms with Gasteiger partial charge in [0.2, 0.25) is 0 Å². The molecule has 0 atom stereocenters. The highest BCUT2D eigenvalue weighted by atomic mass is 16.3. The number of furan rings is 1. The number of hydrogen-bond acceptors (Lipinski definition) is 2. The standard InChI is InChI=1S/C55H38N2O/c1-55(2)49-17-9-6-14-43(49)44-27-25-42(34-50(44)55)56(41-26-29-54-48(33-41)46-16-8-11-19-53(46)58-54)40-24-22-36-30-35(20-21-37(36)31-40)38-23-28-52-47(32-38)45-15-7-10-18-51(45)57(52)39-12-4-3-5-13-39/h3-34H,1-2H3. The van der Waals surface area contributed by atoms with Crippen LogP contribution in [0.15, 0.2) is 199 Å². The lowest BCUT2D eigenvalue weighted by atomic mass is 9.82. The third-order valence-corrected chi connectivity index (χ3v) is 12.5. The molecule has 274 valence electrons. The summed E-state index contributed by atoms with van der Waals surface area (Å²) in [5, 5.41) is 7.15. The molecule has 3 heteroatoms. The fourth-order valence-electron chi connectivity index (χ4n) is 9.69. The quantitative estimate of drug-likeness (QED) is 0.175. The van der Waals surface area contributed by atoms with Crippen LogP contribution < -0.4 is 4.90 Å². The van der Waals surface area contributed by atoms with Crippen LogP contribution in [0.2, 0.25) is 0 Å². The summed E-state index contributed by atoms with van der Waals surface area (Å²) in [6.07, 6.45) is 0. The van der Waals surface area contributed by atoms with Crippen molar-refractivity contribution < 1.29 is 4.42 Å². The first kappa shape index (κ1) is 32.8. The summed E-state index contributed by atoms with van der Waals surface area (Å²) in [7, 11) is 0. The first-order valence-electron chi connectivity index (χ1n) is 20.1. The van der Waals surface area contributed by atoms with Crippen molar-refractivity contribution in [3.63, 3.8) is 0 Å². The zero-order chi connectivity index (χ0) is 38.5. The zero-order valence-corrected chi connectivity index (χ0v) is 32.3. The van der Waals surface area contributed by atoms with Crippen molar-refractivity contribution in [2.24, 2.45) is 0 Å². The van der Waals surface area contributed by atoms with E-state index >= 15 is 0 Å². The molecule has 0 radical (unpaired) electrons. The van der Waals surface area contributed by atoms with Gasteiger partial charge in [0.25, 0.3) is 0 Å². The number of rotatable bonds is 5. The van der Waals surface area contributed by atoms with E-state index in [1.165, 1.54) is 71.6 Å². The summed E-state index contributed by atoms with van der Waals surface area (Å²) in [6, 6.07) is 70.8. The largest absolute Gasteiger partial charge is 0.456 e. The van der Waals surface area contributed by atoms with Gasteiger partial charge in [-0.2, -0.15) is 0 Å². The van der Waals surface area contributed by atoms with E-state index in [9.17, 15) is 0 Å². The molecule has 2 heterocycles. The van der Waals surface area contributed by atoms with Crippen molar-refractivity contribution >= 4 is 71.6 Å². The van der Waals surface area contributed by atoms with Crippen molar-refractivity contribution in [1.29, 1.82) is 0 Å². The van der Waals surface area contributed by atoms with Crippen molar-refractivity contribution in [1.82, 2.24) is 4.57 Å². The van der Waals surface area contributed by atoms with Crippen LogP contribution in [0.3, 0.4) is 0 Å². The summed E-state index contributed by atoms with van der Waals surface area (Å²) in [5.41, 5.74) is 16.4. The summed E-state index contributed by atoms with van der Waals surface area (Å²) < 4.78 is 8.64. The number of fused-ring (bicyclic) bond motifs is 10. The van der Waals surface area contributed by atoms with Crippen molar-refractivity contribution in [2.45, 2.75) is 19.3 Å². The normalized spacial score (nSPS) is 13.1. The Morgan fingerprint density at radius 2 is 1.03 bits per heavy atom. The minimum atomic E-state index is -0.114. The van der Waals surface area contributed by atoms with Crippen LogP contribution in [0.25, 0.3) is 82.5 Å². The van der Waals surface area contributed by atoms with Gasteiger partial charge < -0.3 is 13.9 Å². The Labute approximate surface area is 336 Å². The molecule has 0 spiro atoms. The molecule has 1 aliphatic rings. The Morgan fingerprint density at radius 3 is 1.95 bits per heavy atom. The Bertz CT molecular complexity index is 3440. The first-order chi connectivity index (χ1) is 28.5. The van der Waals surface area contributed by atoms with Gasteiger partial charge in [0.05, 0.1) is 11.0 Å². The molecule has 11 aromatic rings. The molecule has 9 aromatic carbocycles. The molecule has 0 saturated heterocycles. The van der Waals surface area contributed by atoms with E-state index < -0.39 is 0 Å². The van der Waals surface area contributed by atoms with Gasteiger partial charge in [0, 0.05) is 49.7 Å². The molecule has 0 fully saturated rings. The van der Waals surface area contributed by atoms with Crippen LogP contribution >= 0.6 is 0 Å². The Balaban J connectivity index is 0.987. The molecule has 3 nitrogen and oxygen atoms in total. The molecule has 0 saturated carbocycles. The zero-order valence-electron chi connectivity index (χ0n) is 32.3. The lowest BCUT2D eigenvalue weighted by Crippen LogP contribution is -2.16. The van der Waals surface area contributed by atoms with E-state index in [0.29, 0.717) is 0 Å². The first-order valence-corrected chi connectivity index (χ1v) is 20.1. The second-order valence-electron chi connectivity index (χ2n) is 16.2. The van der Waals surface area contributed by atoms with E-state index in [1.54, 1.807) is 0 Å². The SMILES string of the molecule is CC1(C)c2ccccc2-c2ccc(N(c3ccc4cc(-c5ccc6c(c5)c5ccccc5n6-c5ccccc5)ccc4c3)c3ccc4oc5ccccc5c4c3)cc21. The maximum absolute atomic E-state index is 6.27. The predicted octanol–water partition coefficient (Wildman–Crippen LogP) is 15.3. The third-order valence-electron chi connectivity index (χ3n) is 12.5. The minimum Gasteiger partial charge on any atom is -0.456 e. The van der Waals surface area contributed by atoms with Gasteiger partial charge in [-0.15, -0.1) is 0 Å². The second-order valence-corrected chi connectivity index (χ2v) is 16.2. The highest BCUT2D eigenvalue weighted by Crippen LogP contribution is 2.51. The molecule has 58 heavy (non-hydrogen) atoms. The molecular formula is C55H38N2O. The molecule has 0 unspecified atom stereocenters. The van der Waals surface area contributed by atoms with Crippen LogP contribution in [0, 0.1) is 0 Å². The summed E-state index contributed by atoms with van der Waals surface area (Å²) in [6.45, 7) is 4.70. The molecule has 1 aliphatic carbocycles. The monoisotopic (exact) mass is 742 g/mol. The van der Waals surface area contributed by atoms with Crippen LogP contribution in [-0.4, -0.2) is 4.57 Å². The summed E-state index contributed by atoms with van der Waals surface area (Å²) in [5.74, 6) is 0. The highest BCUT2D eigenvalue weighted by Gasteiger charge is 2.35. The fourth-order valence-corrected chi connectivity index (χ4v) is 9.69. The molecule has 0 bridgehead atoms. The maximum atomic E-state index is 6.27. The van der Waals surface area contributed by atoms with E-state index in [2.05, 4.69) is 205 Å². The molecular weight excluding hydrogens is 705 g/mol. The topological polar surface area (TPSA) is 21.3 Å². The van der Waals surface area contributed by atoms with Crippen LogP contribution in [0.4, 0.5) is 17.1 Å². The number of hydrogen-bond donors (Lipinski definition) is 0. The number of anilines is 3. The predicted molar refractivity (Wildman–Crippen MR) is 243 cm³/mol. The van der Waals surface area contributed by atoms with E-state index in [4.69, 9.17) is 4.42 Å². The summed E-state index contributed by atoms with van der Waals surface area (Å²) >= 11 is 0. The number of para-hydroxylation sites is 3. The van der Waals surface area contributed by atoms with Gasteiger partial charge in [0.15, 0.2) is 0 Å². The van der Waals surface area contributed by atoms with Crippen molar-refractivity contribution in [2.75, 3.05) is 4.90 Å². The molecule has 0 aliphatic heterocycles. The van der Waals surface area contributed by atoms with Gasteiger partial charge >= 0.3 is 0 Å². The number of nitrogens with zero attached hydrogens (tertiary/aromatic N) is 2. The van der Waals surface area contributed by atoms with E-state index in [1.807, 2.05) is 12.1 Å². The van der Waals surface area contributed by atoms with Gasteiger partial charge in [-0.1, -0.05) is 123 Å².